The highest BCUT2D eigenvalue weighted by atomic mass is 32.2. The average molecular weight is 573 g/mol. The molecule has 2 amide bonds. The summed E-state index contributed by atoms with van der Waals surface area (Å²) >= 11 is 0. The van der Waals surface area contributed by atoms with E-state index in [2.05, 4.69) is 15.8 Å². The second kappa shape index (κ2) is 13.8. The Labute approximate surface area is 238 Å². The lowest BCUT2D eigenvalue weighted by atomic mass is 10.2. The third kappa shape index (κ3) is 8.16. The van der Waals surface area contributed by atoms with Crippen molar-refractivity contribution in [2.75, 3.05) is 29.9 Å². The fraction of sp³-hybridized carbons (Fsp3) is 0.100. The Balaban J connectivity index is 1.34. The number of hydrogen-bond donors (Lipinski definition) is 2. The third-order valence-electron chi connectivity index (χ3n) is 5.69. The summed E-state index contributed by atoms with van der Waals surface area (Å²) < 4.78 is 38.5. The van der Waals surface area contributed by atoms with Crippen LogP contribution < -0.4 is 24.5 Å². The van der Waals surface area contributed by atoms with Crippen molar-refractivity contribution < 1.29 is 27.5 Å². The fourth-order valence-electron chi connectivity index (χ4n) is 3.65. The number of carbonyl (C=O) groups excluding carboxylic acids is 2. The first-order chi connectivity index (χ1) is 19.8. The van der Waals surface area contributed by atoms with E-state index in [0.29, 0.717) is 28.4 Å². The van der Waals surface area contributed by atoms with Gasteiger partial charge in [0.2, 0.25) is 0 Å². The summed E-state index contributed by atoms with van der Waals surface area (Å²) in [5.74, 6) is 0.0711. The van der Waals surface area contributed by atoms with Gasteiger partial charge in [-0.05, 0) is 78.4 Å². The summed E-state index contributed by atoms with van der Waals surface area (Å²) in [6.45, 7) is -0.650. The van der Waals surface area contributed by atoms with Crippen LogP contribution in [0.4, 0.5) is 11.4 Å². The van der Waals surface area contributed by atoms with E-state index in [4.69, 9.17) is 9.47 Å². The van der Waals surface area contributed by atoms with Gasteiger partial charge in [0.1, 0.15) is 18.0 Å². The number of rotatable bonds is 12. The minimum atomic E-state index is -4.06. The lowest BCUT2D eigenvalue weighted by Crippen LogP contribution is -2.39. The highest BCUT2D eigenvalue weighted by molar-refractivity contribution is 7.92. The van der Waals surface area contributed by atoms with E-state index < -0.39 is 22.5 Å². The largest absolute Gasteiger partial charge is 0.497 e. The number of carbonyl (C=O) groups is 2. The van der Waals surface area contributed by atoms with Gasteiger partial charge in [0, 0.05) is 5.69 Å². The van der Waals surface area contributed by atoms with Crippen molar-refractivity contribution in [2.45, 2.75) is 4.90 Å². The van der Waals surface area contributed by atoms with Crippen molar-refractivity contribution in [2.24, 2.45) is 5.10 Å². The molecule has 4 aromatic carbocycles. The molecule has 0 spiro atoms. The number of amides is 2. The van der Waals surface area contributed by atoms with Crippen molar-refractivity contribution in [3.8, 4) is 11.5 Å². The topological polar surface area (TPSA) is 126 Å². The Bertz CT molecular complexity index is 1580. The van der Waals surface area contributed by atoms with Crippen LogP contribution >= 0.6 is 0 Å². The lowest BCUT2D eigenvalue weighted by Gasteiger charge is -2.23. The molecule has 0 aliphatic heterocycles. The number of ether oxygens (including phenoxy) is 2. The van der Waals surface area contributed by atoms with E-state index in [1.165, 1.54) is 37.6 Å². The highest BCUT2D eigenvalue weighted by Gasteiger charge is 2.27. The Morgan fingerprint density at radius 2 is 1.41 bits per heavy atom. The molecule has 2 N–H and O–H groups in total. The molecule has 0 aromatic heterocycles. The molecule has 0 aliphatic rings. The molecular weight excluding hydrogens is 544 g/mol. The molecule has 0 radical (unpaired) electrons. The van der Waals surface area contributed by atoms with Crippen LogP contribution in [0.5, 0.6) is 11.5 Å². The fourth-order valence-corrected chi connectivity index (χ4v) is 5.07. The number of hydrazone groups is 1. The van der Waals surface area contributed by atoms with E-state index in [0.717, 1.165) is 4.31 Å². The van der Waals surface area contributed by atoms with Crippen molar-refractivity contribution in [3.05, 3.63) is 115 Å². The summed E-state index contributed by atoms with van der Waals surface area (Å²) in [6, 6.07) is 30.0. The maximum Gasteiger partial charge on any atom is 0.264 e. The van der Waals surface area contributed by atoms with Crippen LogP contribution in [0.25, 0.3) is 0 Å². The minimum absolute atomic E-state index is 0.0123. The van der Waals surface area contributed by atoms with E-state index in [9.17, 15) is 18.0 Å². The van der Waals surface area contributed by atoms with Gasteiger partial charge >= 0.3 is 0 Å². The summed E-state index contributed by atoms with van der Waals surface area (Å²) in [5.41, 5.74) is 4.03. The molecule has 11 heteroatoms. The van der Waals surface area contributed by atoms with Crippen molar-refractivity contribution >= 4 is 39.4 Å². The van der Waals surface area contributed by atoms with Gasteiger partial charge in [-0.15, -0.1) is 0 Å². The number of nitrogens with zero attached hydrogens (tertiary/aromatic N) is 2. The Kier molecular flexibility index (Phi) is 9.68. The van der Waals surface area contributed by atoms with E-state index in [-0.39, 0.29) is 17.4 Å². The predicted molar refractivity (Wildman–Crippen MR) is 157 cm³/mol. The lowest BCUT2D eigenvalue weighted by molar-refractivity contribution is -0.119. The van der Waals surface area contributed by atoms with E-state index >= 15 is 0 Å². The molecule has 0 heterocycles. The number of benzene rings is 4. The predicted octanol–water partition coefficient (Wildman–Crippen LogP) is 4.06. The van der Waals surface area contributed by atoms with Crippen molar-refractivity contribution in [1.29, 1.82) is 0 Å². The minimum Gasteiger partial charge on any atom is -0.497 e. The summed E-state index contributed by atoms with van der Waals surface area (Å²) in [4.78, 5) is 24.8. The Hall–Kier alpha value is -5.16. The smallest absolute Gasteiger partial charge is 0.264 e. The molecule has 4 rings (SSSR count). The van der Waals surface area contributed by atoms with Crippen LogP contribution in [0.3, 0.4) is 0 Å². The molecule has 0 fully saturated rings. The van der Waals surface area contributed by atoms with Gasteiger partial charge in [-0.1, -0.05) is 36.4 Å². The summed E-state index contributed by atoms with van der Waals surface area (Å²) in [7, 11) is -2.58. The highest BCUT2D eigenvalue weighted by Crippen LogP contribution is 2.25. The maximum atomic E-state index is 13.4. The van der Waals surface area contributed by atoms with E-state index in [1.54, 1.807) is 66.7 Å². The number of sulfonamides is 1. The number of hydrogen-bond acceptors (Lipinski definition) is 7. The zero-order valence-corrected chi connectivity index (χ0v) is 23.0. The number of para-hydroxylation sites is 2. The average Bonchev–Trinajstić information content (AvgIpc) is 3.00. The van der Waals surface area contributed by atoms with Gasteiger partial charge in [0.15, 0.2) is 6.61 Å². The first-order valence-corrected chi connectivity index (χ1v) is 13.9. The zero-order valence-electron chi connectivity index (χ0n) is 22.1. The third-order valence-corrected chi connectivity index (χ3v) is 7.48. The van der Waals surface area contributed by atoms with Gasteiger partial charge in [0.25, 0.3) is 21.8 Å². The normalized spacial score (nSPS) is 11.0. The first-order valence-electron chi connectivity index (χ1n) is 12.5. The van der Waals surface area contributed by atoms with Crippen molar-refractivity contribution in [1.82, 2.24) is 5.43 Å². The number of methoxy groups -OCH3 is 1. The molecule has 0 saturated carbocycles. The second-order valence-electron chi connectivity index (χ2n) is 8.59. The van der Waals surface area contributed by atoms with Gasteiger partial charge in [-0.2, -0.15) is 5.10 Å². The summed E-state index contributed by atoms with van der Waals surface area (Å²) in [6.07, 6.45) is 1.41. The van der Waals surface area contributed by atoms with E-state index in [1.807, 2.05) is 18.2 Å². The standard InChI is InChI=1S/C30H28N4O6S/c1-39-26-16-18-28(19-17-26)41(37,38)34(25-10-6-3-7-11-25)21-29(35)33-31-20-23-12-14-27(15-13-23)40-22-30(36)32-24-8-4-2-5-9-24/h2-20H,21-22H2,1H3,(H,32,36)(H,33,35)/b31-20-. The molecule has 0 atom stereocenters. The van der Waals surface area contributed by atoms with Gasteiger partial charge in [-0.25, -0.2) is 13.8 Å². The molecule has 210 valence electrons. The molecule has 0 aliphatic carbocycles. The van der Waals surface area contributed by atoms with Crippen LogP contribution in [0.1, 0.15) is 5.56 Å². The van der Waals surface area contributed by atoms with Crippen LogP contribution in [0.2, 0.25) is 0 Å². The second-order valence-corrected chi connectivity index (χ2v) is 10.5. The molecular formula is C30H28N4O6S. The number of anilines is 2. The number of nitrogens with one attached hydrogen (secondary N) is 2. The molecule has 0 bridgehead atoms. The van der Waals surface area contributed by atoms with Crippen molar-refractivity contribution in [3.63, 3.8) is 0 Å². The van der Waals surface area contributed by atoms with Crippen LogP contribution in [0.15, 0.2) is 119 Å². The molecule has 0 saturated heterocycles. The Morgan fingerprint density at radius 1 is 0.805 bits per heavy atom. The van der Waals surface area contributed by atoms with Gasteiger partial charge in [0.05, 0.1) is 23.9 Å². The molecule has 41 heavy (non-hydrogen) atoms. The SMILES string of the molecule is COc1ccc(S(=O)(=O)N(CC(=O)N/N=C\c2ccc(OCC(=O)Nc3ccccc3)cc2)c2ccccc2)cc1. The monoisotopic (exact) mass is 572 g/mol. The van der Waals surface area contributed by atoms with Gasteiger partial charge in [-0.3, -0.25) is 13.9 Å². The summed E-state index contributed by atoms with van der Waals surface area (Å²) in [5, 5.41) is 6.69. The van der Waals surface area contributed by atoms with Crippen LogP contribution in [-0.4, -0.2) is 46.7 Å². The van der Waals surface area contributed by atoms with Crippen LogP contribution in [-0.2, 0) is 19.6 Å². The molecule has 4 aromatic rings. The molecule has 10 nitrogen and oxygen atoms in total. The quantitative estimate of drug-likeness (QED) is 0.195. The Morgan fingerprint density at radius 3 is 2.05 bits per heavy atom. The maximum absolute atomic E-state index is 13.4. The van der Waals surface area contributed by atoms with Crippen LogP contribution in [0, 0.1) is 0 Å². The van der Waals surface area contributed by atoms with Gasteiger partial charge < -0.3 is 14.8 Å². The first kappa shape index (κ1) is 28.8. The zero-order chi connectivity index (χ0) is 29.1. The molecule has 0 unspecified atom stereocenters.